The largest absolute Gasteiger partial charge is 0.369 e. The van der Waals surface area contributed by atoms with Crippen molar-refractivity contribution in [3.8, 4) is 0 Å². The predicted molar refractivity (Wildman–Crippen MR) is 61.5 cm³/mol. The summed E-state index contributed by atoms with van der Waals surface area (Å²) >= 11 is 0. The first kappa shape index (κ1) is 11.7. The Morgan fingerprint density at radius 1 is 1.33 bits per heavy atom. The summed E-state index contributed by atoms with van der Waals surface area (Å²) in [5.41, 5.74) is 6.45. The molecule has 82 valence electrons. The lowest BCUT2D eigenvalue weighted by Gasteiger charge is -2.18. The minimum Gasteiger partial charge on any atom is -0.369 e. The maximum Gasteiger partial charge on any atom is 0.231 e. The molecule has 0 aromatic heterocycles. The minimum atomic E-state index is -0.259. The summed E-state index contributed by atoms with van der Waals surface area (Å²) in [5.74, 6) is -0.259. The van der Waals surface area contributed by atoms with Gasteiger partial charge in [0.25, 0.3) is 0 Å². The van der Waals surface area contributed by atoms with E-state index in [1.54, 1.807) is 0 Å². The summed E-state index contributed by atoms with van der Waals surface area (Å²) in [4.78, 5) is 12.8. The average Bonchev–Trinajstić information content (AvgIpc) is 2.25. The van der Waals surface area contributed by atoms with Crippen molar-refractivity contribution in [3.63, 3.8) is 0 Å². The maximum atomic E-state index is 10.8. The zero-order chi connectivity index (χ0) is 11.1. The highest BCUT2D eigenvalue weighted by Gasteiger charge is 2.05. The van der Waals surface area contributed by atoms with Crippen molar-refractivity contribution < 1.29 is 4.79 Å². The number of carbonyl (C=O) groups excluding carboxylic acids is 1. The van der Waals surface area contributed by atoms with Crippen LogP contribution < -0.4 is 5.73 Å². The summed E-state index contributed by atoms with van der Waals surface area (Å²) in [5, 5.41) is 0. The Labute approximate surface area is 90.9 Å². The third-order valence-electron chi connectivity index (χ3n) is 2.39. The van der Waals surface area contributed by atoms with Crippen LogP contribution in [0.3, 0.4) is 0 Å². The van der Waals surface area contributed by atoms with Crippen LogP contribution in [0.25, 0.3) is 0 Å². The van der Waals surface area contributed by atoms with E-state index < -0.39 is 0 Å². The highest BCUT2D eigenvalue weighted by molar-refractivity contribution is 5.75. The van der Waals surface area contributed by atoms with Gasteiger partial charge in [0.05, 0.1) is 6.54 Å². The van der Waals surface area contributed by atoms with Crippen LogP contribution in [-0.2, 0) is 11.2 Å². The summed E-state index contributed by atoms with van der Waals surface area (Å²) in [7, 11) is 0. The molecule has 0 radical (unpaired) electrons. The van der Waals surface area contributed by atoms with Crippen molar-refractivity contribution in [2.24, 2.45) is 5.73 Å². The number of primary amides is 1. The minimum absolute atomic E-state index is 0.259. The van der Waals surface area contributed by atoms with Gasteiger partial charge in [-0.2, -0.15) is 0 Å². The Morgan fingerprint density at radius 3 is 2.53 bits per heavy atom. The highest BCUT2D eigenvalue weighted by atomic mass is 16.1. The van der Waals surface area contributed by atoms with Crippen LogP contribution in [-0.4, -0.2) is 30.4 Å². The van der Waals surface area contributed by atoms with Crippen LogP contribution in [0.1, 0.15) is 12.5 Å². The van der Waals surface area contributed by atoms with Crippen molar-refractivity contribution in [2.45, 2.75) is 13.3 Å². The zero-order valence-corrected chi connectivity index (χ0v) is 9.15. The summed E-state index contributed by atoms with van der Waals surface area (Å²) in [6, 6.07) is 10.3. The van der Waals surface area contributed by atoms with Gasteiger partial charge < -0.3 is 5.73 Å². The topological polar surface area (TPSA) is 46.3 Å². The fourth-order valence-corrected chi connectivity index (χ4v) is 1.50. The second kappa shape index (κ2) is 6.19. The van der Waals surface area contributed by atoms with Crippen molar-refractivity contribution in [1.82, 2.24) is 4.90 Å². The van der Waals surface area contributed by atoms with E-state index in [0.717, 1.165) is 19.5 Å². The molecule has 2 N–H and O–H groups in total. The van der Waals surface area contributed by atoms with Crippen molar-refractivity contribution in [2.75, 3.05) is 19.6 Å². The molecule has 15 heavy (non-hydrogen) atoms. The number of likely N-dealkylation sites (N-methyl/N-ethyl adjacent to an activating group) is 1. The summed E-state index contributed by atoms with van der Waals surface area (Å²) in [6.45, 7) is 4.12. The van der Waals surface area contributed by atoms with Gasteiger partial charge in [-0.3, -0.25) is 9.69 Å². The fraction of sp³-hybridized carbons (Fsp3) is 0.417. The number of hydrogen-bond acceptors (Lipinski definition) is 2. The molecule has 0 spiro atoms. The van der Waals surface area contributed by atoms with Gasteiger partial charge in [-0.05, 0) is 18.5 Å². The van der Waals surface area contributed by atoms with Gasteiger partial charge in [0.1, 0.15) is 0 Å². The molecule has 3 heteroatoms. The molecule has 0 atom stereocenters. The number of nitrogens with zero attached hydrogens (tertiary/aromatic N) is 1. The first-order valence-corrected chi connectivity index (χ1v) is 5.27. The number of benzene rings is 1. The lowest BCUT2D eigenvalue weighted by molar-refractivity contribution is -0.119. The van der Waals surface area contributed by atoms with E-state index in [1.165, 1.54) is 5.56 Å². The normalized spacial score (nSPS) is 10.5. The highest BCUT2D eigenvalue weighted by Crippen LogP contribution is 2.01. The van der Waals surface area contributed by atoms with Crippen LogP contribution in [0.5, 0.6) is 0 Å². The molecule has 0 saturated heterocycles. The molecule has 0 aliphatic carbocycles. The van der Waals surface area contributed by atoms with Crippen molar-refractivity contribution in [1.29, 1.82) is 0 Å². The predicted octanol–water partition coefficient (Wildman–Crippen LogP) is 1.04. The van der Waals surface area contributed by atoms with Gasteiger partial charge >= 0.3 is 0 Å². The number of amides is 1. The van der Waals surface area contributed by atoms with E-state index in [9.17, 15) is 4.79 Å². The van der Waals surface area contributed by atoms with E-state index in [1.807, 2.05) is 25.1 Å². The van der Waals surface area contributed by atoms with Crippen LogP contribution in [0.2, 0.25) is 0 Å². The molecule has 1 amide bonds. The Hall–Kier alpha value is -1.35. The monoisotopic (exact) mass is 206 g/mol. The molecule has 3 nitrogen and oxygen atoms in total. The van der Waals surface area contributed by atoms with E-state index in [-0.39, 0.29) is 5.91 Å². The van der Waals surface area contributed by atoms with Crippen molar-refractivity contribution in [3.05, 3.63) is 35.9 Å². The molecule has 0 heterocycles. The van der Waals surface area contributed by atoms with Gasteiger partial charge in [-0.1, -0.05) is 37.3 Å². The molecule has 1 aromatic carbocycles. The second-order valence-corrected chi connectivity index (χ2v) is 3.57. The first-order chi connectivity index (χ1) is 7.22. The Morgan fingerprint density at radius 2 is 2.00 bits per heavy atom. The lowest BCUT2D eigenvalue weighted by Crippen LogP contribution is -2.35. The number of rotatable bonds is 6. The van der Waals surface area contributed by atoms with E-state index in [2.05, 4.69) is 17.0 Å². The smallest absolute Gasteiger partial charge is 0.231 e. The van der Waals surface area contributed by atoms with Gasteiger partial charge in [-0.25, -0.2) is 0 Å². The summed E-state index contributed by atoms with van der Waals surface area (Å²) < 4.78 is 0. The first-order valence-electron chi connectivity index (χ1n) is 5.27. The van der Waals surface area contributed by atoms with Gasteiger partial charge in [0.15, 0.2) is 0 Å². The lowest BCUT2D eigenvalue weighted by atomic mass is 10.1. The average molecular weight is 206 g/mol. The summed E-state index contributed by atoms with van der Waals surface area (Å²) in [6.07, 6.45) is 0.960. The van der Waals surface area contributed by atoms with Gasteiger partial charge in [0.2, 0.25) is 5.91 Å². The van der Waals surface area contributed by atoms with E-state index >= 15 is 0 Å². The third-order valence-corrected chi connectivity index (χ3v) is 2.39. The van der Waals surface area contributed by atoms with Gasteiger partial charge in [-0.15, -0.1) is 0 Å². The van der Waals surface area contributed by atoms with E-state index in [0.29, 0.717) is 6.54 Å². The molecule has 0 fully saturated rings. The Bertz CT molecular complexity index is 298. The number of nitrogens with two attached hydrogens (primary N) is 1. The van der Waals surface area contributed by atoms with Crippen LogP contribution in [0.15, 0.2) is 30.3 Å². The van der Waals surface area contributed by atoms with Crippen LogP contribution in [0, 0.1) is 0 Å². The van der Waals surface area contributed by atoms with Crippen LogP contribution in [0.4, 0.5) is 0 Å². The molecule has 0 aliphatic heterocycles. The molecule has 1 aromatic rings. The van der Waals surface area contributed by atoms with E-state index in [4.69, 9.17) is 5.73 Å². The Kier molecular flexibility index (Phi) is 4.84. The van der Waals surface area contributed by atoms with Gasteiger partial charge in [0, 0.05) is 6.54 Å². The molecule has 0 saturated carbocycles. The molecule has 1 rings (SSSR count). The maximum absolute atomic E-state index is 10.8. The van der Waals surface area contributed by atoms with Crippen LogP contribution >= 0.6 is 0 Å². The molecule has 0 unspecified atom stereocenters. The number of hydrogen-bond donors (Lipinski definition) is 1. The molecular weight excluding hydrogens is 188 g/mol. The quantitative estimate of drug-likeness (QED) is 0.756. The Balaban J connectivity index is 2.37. The zero-order valence-electron chi connectivity index (χ0n) is 9.15. The standard InChI is InChI=1S/C12H18N2O/c1-2-14(10-12(13)15)9-8-11-6-4-3-5-7-11/h3-7H,2,8-10H2,1H3,(H2,13,15). The fourth-order valence-electron chi connectivity index (χ4n) is 1.50. The molecule has 0 bridgehead atoms. The molecule has 0 aliphatic rings. The third kappa shape index (κ3) is 4.61. The SMILES string of the molecule is CCN(CCc1ccccc1)CC(N)=O. The second-order valence-electron chi connectivity index (χ2n) is 3.57. The van der Waals surface area contributed by atoms with Crippen molar-refractivity contribution >= 4 is 5.91 Å². The molecular formula is C12H18N2O. The number of carbonyl (C=O) groups is 1.